The molecule has 2 heterocycles. The Morgan fingerprint density at radius 1 is 1.32 bits per heavy atom. The molecule has 1 aliphatic rings. The number of carbonyl (C=O) groups is 1. The van der Waals surface area contributed by atoms with Crippen LogP contribution >= 0.6 is 22.7 Å². The first-order chi connectivity index (χ1) is 9.25. The minimum atomic E-state index is 0.0836. The number of amides is 1. The maximum absolute atomic E-state index is 12.4. The fourth-order valence-corrected chi connectivity index (χ4v) is 4.43. The highest BCUT2D eigenvalue weighted by atomic mass is 32.1. The summed E-state index contributed by atoms with van der Waals surface area (Å²) in [4.78, 5) is 15.0. The zero-order valence-corrected chi connectivity index (χ0v) is 12.6. The quantitative estimate of drug-likeness (QED) is 0.903. The number of hydrogen-bond donors (Lipinski definition) is 1. The van der Waals surface area contributed by atoms with Gasteiger partial charge in [-0.2, -0.15) is 0 Å². The van der Waals surface area contributed by atoms with Crippen LogP contribution in [0.5, 0.6) is 0 Å². The van der Waals surface area contributed by atoms with Gasteiger partial charge in [0, 0.05) is 15.1 Å². The van der Waals surface area contributed by atoms with Crippen LogP contribution in [0.4, 0.5) is 0 Å². The van der Waals surface area contributed by atoms with Crippen LogP contribution in [0.15, 0.2) is 22.9 Å². The fraction of sp³-hybridized carbons (Fsp3) is 0.400. The maximum atomic E-state index is 12.4. The lowest BCUT2D eigenvalue weighted by Crippen LogP contribution is -2.26. The van der Waals surface area contributed by atoms with E-state index < -0.39 is 0 Å². The maximum Gasteiger partial charge on any atom is 0.252 e. The van der Waals surface area contributed by atoms with Crippen molar-refractivity contribution >= 4 is 28.6 Å². The van der Waals surface area contributed by atoms with Gasteiger partial charge in [-0.3, -0.25) is 4.79 Å². The van der Waals surface area contributed by atoms with Crippen molar-refractivity contribution in [3.8, 4) is 0 Å². The summed E-state index contributed by atoms with van der Waals surface area (Å²) in [5.74, 6) is 0.0836. The molecule has 19 heavy (non-hydrogen) atoms. The van der Waals surface area contributed by atoms with Crippen molar-refractivity contribution in [3.05, 3.63) is 43.8 Å². The van der Waals surface area contributed by atoms with E-state index in [-0.39, 0.29) is 11.9 Å². The lowest BCUT2D eigenvalue weighted by molar-refractivity contribution is 0.0940. The summed E-state index contributed by atoms with van der Waals surface area (Å²) < 4.78 is 0. The normalized spacial score (nSPS) is 15.8. The predicted octanol–water partition coefficient (Wildman–Crippen LogP) is 4.18. The lowest BCUT2D eigenvalue weighted by atomic mass is 9.95. The van der Waals surface area contributed by atoms with Crippen LogP contribution in [0.25, 0.3) is 0 Å². The molecule has 3 rings (SSSR count). The molecule has 2 nitrogen and oxygen atoms in total. The molecule has 0 bridgehead atoms. The van der Waals surface area contributed by atoms with E-state index in [0.29, 0.717) is 0 Å². The Labute approximate surface area is 121 Å². The highest BCUT2D eigenvalue weighted by Crippen LogP contribution is 2.30. The second-order valence-corrected chi connectivity index (χ2v) is 6.91. The van der Waals surface area contributed by atoms with Gasteiger partial charge in [0.25, 0.3) is 5.91 Å². The second kappa shape index (κ2) is 5.47. The van der Waals surface area contributed by atoms with Gasteiger partial charge >= 0.3 is 0 Å². The van der Waals surface area contributed by atoms with Crippen LogP contribution in [-0.2, 0) is 12.8 Å². The van der Waals surface area contributed by atoms with Crippen molar-refractivity contribution in [2.45, 2.75) is 38.6 Å². The Morgan fingerprint density at radius 3 is 2.95 bits per heavy atom. The van der Waals surface area contributed by atoms with E-state index >= 15 is 0 Å². The van der Waals surface area contributed by atoms with E-state index in [2.05, 4.69) is 11.4 Å². The van der Waals surface area contributed by atoms with Crippen molar-refractivity contribution in [2.24, 2.45) is 0 Å². The third-order valence-electron chi connectivity index (χ3n) is 3.62. The zero-order chi connectivity index (χ0) is 13.2. The van der Waals surface area contributed by atoms with E-state index in [4.69, 9.17) is 0 Å². The molecule has 4 heteroatoms. The smallest absolute Gasteiger partial charge is 0.252 e. The molecular weight excluding hydrogens is 274 g/mol. The largest absolute Gasteiger partial charge is 0.345 e. The molecule has 0 fully saturated rings. The van der Waals surface area contributed by atoms with Gasteiger partial charge in [-0.1, -0.05) is 6.07 Å². The first-order valence-electron chi connectivity index (χ1n) is 6.69. The Kier molecular flexibility index (Phi) is 3.71. The molecule has 1 unspecified atom stereocenters. The van der Waals surface area contributed by atoms with Crippen LogP contribution in [-0.4, -0.2) is 5.91 Å². The number of fused-ring (bicyclic) bond motifs is 1. The highest BCUT2D eigenvalue weighted by molar-refractivity contribution is 7.10. The second-order valence-electron chi connectivity index (χ2n) is 4.97. The molecule has 0 saturated heterocycles. The molecule has 1 atom stereocenters. The first kappa shape index (κ1) is 12.9. The monoisotopic (exact) mass is 291 g/mol. The van der Waals surface area contributed by atoms with Crippen LogP contribution < -0.4 is 5.32 Å². The van der Waals surface area contributed by atoms with Crippen molar-refractivity contribution in [3.63, 3.8) is 0 Å². The van der Waals surface area contributed by atoms with Crippen LogP contribution in [0.1, 0.15) is 51.5 Å². The Bertz CT molecular complexity index is 571. The number of thiophene rings is 2. The molecule has 0 spiro atoms. The molecule has 100 valence electrons. The number of rotatable bonds is 3. The van der Waals surface area contributed by atoms with Gasteiger partial charge in [-0.05, 0) is 49.6 Å². The number of carbonyl (C=O) groups excluding carboxylic acids is 1. The van der Waals surface area contributed by atoms with Gasteiger partial charge in [-0.15, -0.1) is 22.7 Å². The lowest BCUT2D eigenvalue weighted by Gasteiger charge is -2.15. The van der Waals surface area contributed by atoms with E-state index in [0.717, 1.165) is 18.4 Å². The van der Waals surface area contributed by atoms with Crippen LogP contribution in [0, 0.1) is 0 Å². The Morgan fingerprint density at radius 2 is 2.16 bits per heavy atom. The summed E-state index contributed by atoms with van der Waals surface area (Å²) in [6, 6.07) is 4.18. The molecule has 2 aromatic rings. The van der Waals surface area contributed by atoms with E-state index in [9.17, 15) is 4.79 Å². The third kappa shape index (κ3) is 2.60. The van der Waals surface area contributed by atoms with Crippen molar-refractivity contribution < 1.29 is 4.79 Å². The molecule has 1 amide bonds. The molecule has 0 saturated carbocycles. The van der Waals surface area contributed by atoms with Crippen molar-refractivity contribution in [2.75, 3.05) is 0 Å². The molecule has 0 aromatic carbocycles. The van der Waals surface area contributed by atoms with Crippen LogP contribution in [0.3, 0.4) is 0 Å². The first-order valence-corrected chi connectivity index (χ1v) is 8.45. The van der Waals surface area contributed by atoms with Gasteiger partial charge in [-0.25, -0.2) is 0 Å². The minimum Gasteiger partial charge on any atom is -0.345 e. The third-order valence-corrected chi connectivity index (χ3v) is 5.77. The van der Waals surface area contributed by atoms with Crippen molar-refractivity contribution in [1.29, 1.82) is 0 Å². The van der Waals surface area contributed by atoms with E-state index in [1.807, 2.05) is 23.8 Å². The Balaban J connectivity index is 1.75. The minimum absolute atomic E-state index is 0.0836. The van der Waals surface area contributed by atoms with Gasteiger partial charge in [0.1, 0.15) is 0 Å². The summed E-state index contributed by atoms with van der Waals surface area (Å²) in [6.07, 6.45) is 4.69. The standard InChI is InChI=1S/C15H17NOS2/c1-10(13-7-4-8-18-13)16-15(17)12-9-19-14-6-3-2-5-11(12)14/h4,7-10H,2-3,5-6H2,1H3,(H,16,17). The number of aryl methyl sites for hydroxylation is 1. The van der Waals surface area contributed by atoms with Gasteiger partial charge in [0.05, 0.1) is 11.6 Å². The topological polar surface area (TPSA) is 29.1 Å². The average molecular weight is 291 g/mol. The van der Waals surface area contributed by atoms with E-state index in [1.54, 1.807) is 22.7 Å². The number of nitrogens with one attached hydrogen (secondary N) is 1. The van der Waals surface area contributed by atoms with Gasteiger partial charge in [0.2, 0.25) is 0 Å². The zero-order valence-electron chi connectivity index (χ0n) is 10.9. The number of hydrogen-bond acceptors (Lipinski definition) is 3. The summed E-state index contributed by atoms with van der Waals surface area (Å²) in [7, 11) is 0. The van der Waals surface area contributed by atoms with Crippen molar-refractivity contribution in [1.82, 2.24) is 5.32 Å². The summed E-state index contributed by atoms with van der Waals surface area (Å²) in [5, 5.41) is 7.19. The molecule has 0 aliphatic heterocycles. The molecule has 0 radical (unpaired) electrons. The van der Waals surface area contributed by atoms with Crippen LogP contribution in [0.2, 0.25) is 0 Å². The molecule has 1 aliphatic carbocycles. The predicted molar refractivity (Wildman–Crippen MR) is 81.2 cm³/mol. The molecule has 1 N–H and O–H groups in total. The fourth-order valence-electron chi connectivity index (χ4n) is 2.57. The van der Waals surface area contributed by atoms with Gasteiger partial charge < -0.3 is 5.32 Å². The molecular formula is C15H17NOS2. The van der Waals surface area contributed by atoms with Gasteiger partial charge in [0.15, 0.2) is 0 Å². The molecule has 2 aromatic heterocycles. The Hall–Kier alpha value is -1.13. The average Bonchev–Trinajstić information content (AvgIpc) is 3.08. The SMILES string of the molecule is CC(NC(=O)c1csc2c1CCCC2)c1cccs1. The highest BCUT2D eigenvalue weighted by Gasteiger charge is 2.21. The van der Waals surface area contributed by atoms with E-state index in [1.165, 1.54) is 28.2 Å². The summed E-state index contributed by atoms with van der Waals surface area (Å²) in [6.45, 7) is 2.04. The summed E-state index contributed by atoms with van der Waals surface area (Å²) >= 11 is 3.43. The summed E-state index contributed by atoms with van der Waals surface area (Å²) in [5.41, 5.74) is 2.20.